The fourth-order valence-electron chi connectivity index (χ4n) is 1.54. The molecule has 4 heteroatoms. The molecule has 4 nitrogen and oxygen atoms in total. The van der Waals surface area contributed by atoms with Gasteiger partial charge in [0.15, 0.2) is 0 Å². The van der Waals surface area contributed by atoms with Gasteiger partial charge in [-0.2, -0.15) is 5.26 Å². The minimum Gasteiger partial charge on any atom is -0.306 e. The Hall–Kier alpha value is -2.02. The van der Waals surface area contributed by atoms with E-state index < -0.39 is 0 Å². The SMILES string of the molecule is CCn1c(=O)[nH]c2ccc(C#N)cc21. The Kier molecular flexibility index (Phi) is 1.86. The molecule has 14 heavy (non-hydrogen) atoms. The van der Waals surface area contributed by atoms with Gasteiger partial charge >= 0.3 is 5.69 Å². The summed E-state index contributed by atoms with van der Waals surface area (Å²) < 4.78 is 1.61. The number of aryl methyl sites for hydroxylation is 1. The van der Waals surface area contributed by atoms with E-state index in [1.54, 1.807) is 22.8 Å². The van der Waals surface area contributed by atoms with Crippen molar-refractivity contribution in [3.8, 4) is 6.07 Å². The number of nitriles is 1. The van der Waals surface area contributed by atoms with E-state index in [9.17, 15) is 4.79 Å². The lowest BCUT2D eigenvalue weighted by Gasteiger charge is -1.96. The van der Waals surface area contributed by atoms with Crippen LogP contribution >= 0.6 is 0 Å². The number of H-pyrrole nitrogens is 1. The molecule has 1 heterocycles. The number of hydrogen-bond donors (Lipinski definition) is 1. The van der Waals surface area contributed by atoms with Crippen LogP contribution in [0.4, 0.5) is 0 Å². The van der Waals surface area contributed by atoms with E-state index in [-0.39, 0.29) is 5.69 Å². The molecule has 0 atom stereocenters. The third-order valence-electron chi connectivity index (χ3n) is 2.22. The molecule has 0 spiro atoms. The summed E-state index contributed by atoms with van der Waals surface area (Å²) in [5, 5.41) is 8.72. The van der Waals surface area contributed by atoms with Gasteiger partial charge in [-0.1, -0.05) is 0 Å². The van der Waals surface area contributed by atoms with Crippen molar-refractivity contribution in [3.05, 3.63) is 34.2 Å². The Morgan fingerprint density at radius 1 is 1.57 bits per heavy atom. The number of aromatic nitrogens is 2. The minimum atomic E-state index is -0.127. The molecule has 70 valence electrons. The van der Waals surface area contributed by atoms with E-state index >= 15 is 0 Å². The summed E-state index contributed by atoms with van der Waals surface area (Å²) in [6.45, 7) is 2.50. The van der Waals surface area contributed by atoms with Crippen LogP contribution in [-0.2, 0) is 6.54 Å². The molecule has 1 N–H and O–H groups in total. The highest BCUT2D eigenvalue weighted by atomic mass is 16.1. The van der Waals surface area contributed by atoms with Gasteiger partial charge in [-0.05, 0) is 25.1 Å². The van der Waals surface area contributed by atoms with E-state index in [4.69, 9.17) is 5.26 Å². The molecule has 0 unspecified atom stereocenters. The average Bonchev–Trinajstić information content (AvgIpc) is 2.52. The van der Waals surface area contributed by atoms with Gasteiger partial charge in [0.1, 0.15) is 0 Å². The van der Waals surface area contributed by atoms with Gasteiger partial charge in [-0.15, -0.1) is 0 Å². The van der Waals surface area contributed by atoms with Gasteiger partial charge in [0.2, 0.25) is 0 Å². The minimum absolute atomic E-state index is 0.127. The molecule has 0 bridgehead atoms. The average molecular weight is 187 g/mol. The maximum absolute atomic E-state index is 11.4. The van der Waals surface area contributed by atoms with E-state index in [2.05, 4.69) is 11.1 Å². The molecule has 1 aromatic carbocycles. The van der Waals surface area contributed by atoms with Crippen molar-refractivity contribution < 1.29 is 0 Å². The summed E-state index contributed by atoms with van der Waals surface area (Å²) >= 11 is 0. The maximum atomic E-state index is 11.4. The number of benzene rings is 1. The third-order valence-corrected chi connectivity index (χ3v) is 2.22. The summed E-state index contributed by atoms with van der Waals surface area (Å²) in [6, 6.07) is 7.21. The van der Waals surface area contributed by atoms with E-state index in [0.717, 1.165) is 11.0 Å². The molecule has 0 radical (unpaired) electrons. The van der Waals surface area contributed by atoms with Crippen LogP contribution in [0.1, 0.15) is 12.5 Å². The molecule has 0 amide bonds. The normalized spacial score (nSPS) is 10.3. The van der Waals surface area contributed by atoms with E-state index in [1.807, 2.05) is 6.92 Å². The molecule has 0 fully saturated rings. The standard InChI is InChI=1S/C10H9N3O/c1-2-13-9-5-7(6-11)3-4-8(9)12-10(13)14/h3-5H,2H2,1H3,(H,12,14). The number of imidazole rings is 1. The van der Waals surface area contributed by atoms with E-state index in [0.29, 0.717) is 12.1 Å². The van der Waals surface area contributed by atoms with Gasteiger partial charge in [0.05, 0.1) is 22.7 Å². The maximum Gasteiger partial charge on any atom is 0.326 e. The van der Waals surface area contributed by atoms with Crippen molar-refractivity contribution >= 4 is 11.0 Å². The zero-order valence-electron chi connectivity index (χ0n) is 7.74. The summed E-state index contributed by atoms with van der Waals surface area (Å²) in [6.07, 6.45) is 0. The number of nitrogens with one attached hydrogen (secondary N) is 1. The van der Waals surface area contributed by atoms with Crippen molar-refractivity contribution in [1.29, 1.82) is 5.26 Å². The summed E-state index contributed by atoms with van der Waals surface area (Å²) in [5.74, 6) is 0. The lowest BCUT2D eigenvalue weighted by molar-refractivity contribution is 0.753. The van der Waals surface area contributed by atoms with Gasteiger partial charge in [-0.3, -0.25) is 4.57 Å². The molecule has 0 aliphatic rings. The monoisotopic (exact) mass is 187 g/mol. The van der Waals surface area contributed by atoms with Crippen LogP contribution in [0.2, 0.25) is 0 Å². The second kappa shape index (κ2) is 3.04. The van der Waals surface area contributed by atoms with Crippen LogP contribution in [-0.4, -0.2) is 9.55 Å². The molecule has 0 saturated carbocycles. The van der Waals surface area contributed by atoms with Crippen molar-refractivity contribution in [3.63, 3.8) is 0 Å². The van der Waals surface area contributed by atoms with Crippen molar-refractivity contribution in [1.82, 2.24) is 9.55 Å². The van der Waals surface area contributed by atoms with Crippen LogP contribution in [0.5, 0.6) is 0 Å². The van der Waals surface area contributed by atoms with Gasteiger partial charge in [0, 0.05) is 6.54 Å². The number of fused-ring (bicyclic) bond motifs is 1. The second-order valence-corrected chi connectivity index (χ2v) is 3.02. The number of nitrogens with zero attached hydrogens (tertiary/aromatic N) is 2. The Labute approximate surface area is 80.4 Å². The van der Waals surface area contributed by atoms with Crippen LogP contribution in [0, 0.1) is 11.3 Å². The topological polar surface area (TPSA) is 61.6 Å². The second-order valence-electron chi connectivity index (χ2n) is 3.02. The number of rotatable bonds is 1. The Morgan fingerprint density at radius 3 is 3.00 bits per heavy atom. The Bertz CT molecular complexity index is 571. The fraction of sp³-hybridized carbons (Fsp3) is 0.200. The van der Waals surface area contributed by atoms with Crippen LogP contribution < -0.4 is 5.69 Å². The molecule has 2 rings (SSSR count). The summed E-state index contributed by atoms with van der Waals surface area (Å²) in [7, 11) is 0. The molecular formula is C10H9N3O. The van der Waals surface area contributed by atoms with Crippen molar-refractivity contribution in [2.45, 2.75) is 13.5 Å². The third kappa shape index (κ3) is 1.11. The molecule has 0 aliphatic heterocycles. The molecule has 2 aromatic rings. The molecular weight excluding hydrogens is 178 g/mol. The summed E-state index contributed by atoms with van der Waals surface area (Å²) in [4.78, 5) is 14.1. The predicted molar refractivity (Wildman–Crippen MR) is 52.9 cm³/mol. The lowest BCUT2D eigenvalue weighted by atomic mass is 10.2. The molecule has 0 aliphatic carbocycles. The predicted octanol–water partition coefficient (Wildman–Crippen LogP) is 1.22. The highest BCUT2D eigenvalue weighted by molar-refractivity contribution is 5.76. The first kappa shape index (κ1) is 8.57. The molecule has 0 saturated heterocycles. The lowest BCUT2D eigenvalue weighted by Crippen LogP contribution is -2.14. The number of hydrogen-bond acceptors (Lipinski definition) is 2. The van der Waals surface area contributed by atoms with Crippen LogP contribution in [0.25, 0.3) is 11.0 Å². The first-order valence-electron chi connectivity index (χ1n) is 4.39. The highest BCUT2D eigenvalue weighted by Crippen LogP contribution is 2.11. The zero-order valence-corrected chi connectivity index (χ0v) is 7.74. The van der Waals surface area contributed by atoms with Gasteiger partial charge in [0.25, 0.3) is 0 Å². The summed E-state index contributed by atoms with van der Waals surface area (Å²) in [5.41, 5.74) is 2.00. The highest BCUT2D eigenvalue weighted by Gasteiger charge is 2.04. The number of aromatic amines is 1. The van der Waals surface area contributed by atoms with Gasteiger partial charge < -0.3 is 4.98 Å². The van der Waals surface area contributed by atoms with Crippen LogP contribution in [0.15, 0.2) is 23.0 Å². The molecule has 1 aromatic heterocycles. The smallest absolute Gasteiger partial charge is 0.306 e. The van der Waals surface area contributed by atoms with E-state index in [1.165, 1.54) is 0 Å². The Morgan fingerprint density at radius 2 is 2.36 bits per heavy atom. The fourth-order valence-corrected chi connectivity index (χ4v) is 1.54. The zero-order chi connectivity index (χ0) is 10.1. The first-order valence-corrected chi connectivity index (χ1v) is 4.39. The van der Waals surface area contributed by atoms with Crippen molar-refractivity contribution in [2.24, 2.45) is 0 Å². The Balaban J connectivity index is 2.86. The quantitative estimate of drug-likeness (QED) is 0.729. The van der Waals surface area contributed by atoms with Crippen molar-refractivity contribution in [2.75, 3.05) is 0 Å². The largest absolute Gasteiger partial charge is 0.326 e. The van der Waals surface area contributed by atoms with Crippen LogP contribution in [0.3, 0.4) is 0 Å². The first-order chi connectivity index (χ1) is 6.76. The van der Waals surface area contributed by atoms with Gasteiger partial charge in [-0.25, -0.2) is 4.79 Å².